The SMILES string of the molecule is O=[N+]([O-])c1ccc(Cl)cc1NS(=O)(=O)c1cc(Cl)cc(Cl)c1. The number of nitrogens with zero attached hydrogens (tertiary/aromatic N) is 1. The molecular formula is C12H7Cl3N2O4S. The van der Waals surface area contributed by atoms with Gasteiger partial charge in [-0.3, -0.25) is 14.8 Å². The second kappa shape index (κ2) is 6.29. The van der Waals surface area contributed by atoms with Crippen LogP contribution in [0.2, 0.25) is 15.1 Å². The molecule has 0 unspecified atom stereocenters. The molecule has 0 heterocycles. The van der Waals surface area contributed by atoms with Crippen molar-refractivity contribution in [1.29, 1.82) is 0 Å². The number of sulfonamides is 1. The Hall–Kier alpha value is -1.54. The van der Waals surface area contributed by atoms with Gasteiger partial charge in [0, 0.05) is 21.1 Å². The minimum Gasteiger partial charge on any atom is -0.273 e. The number of nitro benzene ring substituents is 1. The van der Waals surface area contributed by atoms with Crippen LogP contribution < -0.4 is 4.72 Å². The van der Waals surface area contributed by atoms with Gasteiger partial charge in [-0.2, -0.15) is 0 Å². The van der Waals surface area contributed by atoms with E-state index >= 15 is 0 Å². The van der Waals surface area contributed by atoms with Crippen LogP contribution in [0.1, 0.15) is 0 Å². The highest BCUT2D eigenvalue weighted by Crippen LogP contribution is 2.30. The highest BCUT2D eigenvalue weighted by atomic mass is 35.5. The van der Waals surface area contributed by atoms with Gasteiger partial charge in [-0.25, -0.2) is 8.42 Å². The van der Waals surface area contributed by atoms with Gasteiger partial charge in [0.05, 0.1) is 9.82 Å². The summed E-state index contributed by atoms with van der Waals surface area (Å²) in [7, 11) is -4.11. The fraction of sp³-hybridized carbons (Fsp3) is 0. The molecule has 0 fully saturated rings. The summed E-state index contributed by atoms with van der Waals surface area (Å²) in [6.07, 6.45) is 0. The summed E-state index contributed by atoms with van der Waals surface area (Å²) in [4.78, 5) is 10.0. The van der Waals surface area contributed by atoms with E-state index in [4.69, 9.17) is 34.8 Å². The molecule has 1 N–H and O–H groups in total. The Morgan fingerprint density at radius 2 is 1.55 bits per heavy atom. The second-order valence-electron chi connectivity index (χ2n) is 4.13. The summed E-state index contributed by atoms with van der Waals surface area (Å²) in [6.45, 7) is 0. The van der Waals surface area contributed by atoms with Crippen LogP contribution in [0, 0.1) is 10.1 Å². The van der Waals surface area contributed by atoms with E-state index in [0.717, 1.165) is 12.1 Å². The Morgan fingerprint density at radius 1 is 0.955 bits per heavy atom. The Bertz CT molecular complexity index is 835. The zero-order chi connectivity index (χ0) is 16.5. The van der Waals surface area contributed by atoms with E-state index in [1.54, 1.807) is 0 Å². The minimum atomic E-state index is -4.11. The van der Waals surface area contributed by atoms with Gasteiger partial charge in [0.15, 0.2) is 0 Å². The van der Waals surface area contributed by atoms with E-state index in [1.807, 2.05) is 0 Å². The maximum absolute atomic E-state index is 12.3. The van der Waals surface area contributed by atoms with Crippen LogP contribution in [-0.4, -0.2) is 13.3 Å². The topological polar surface area (TPSA) is 89.3 Å². The first-order valence-electron chi connectivity index (χ1n) is 5.62. The third-order valence-corrected chi connectivity index (χ3v) is 4.56. The standard InChI is InChI=1S/C12H7Cl3N2O4S/c13-7-1-2-12(17(18)19)11(6-7)16-22(20,21)10-4-8(14)3-9(15)5-10/h1-6,16H. The molecule has 0 radical (unpaired) electrons. The number of rotatable bonds is 4. The lowest BCUT2D eigenvalue weighted by molar-refractivity contribution is -0.383. The highest BCUT2D eigenvalue weighted by Gasteiger charge is 2.22. The van der Waals surface area contributed by atoms with Gasteiger partial charge in [0.2, 0.25) is 0 Å². The van der Waals surface area contributed by atoms with Crippen molar-refractivity contribution < 1.29 is 13.3 Å². The number of halogens is 3. The molecule has 0 saturated heterocycles. The lowest BCUT2D eigenvalue weighted by Crippen LogP contribution is -2.14. The third kappa shape index (κ3) is 3.80. The molecule has 0 spiro atoms. The Morgan fingerprint density at radius 3 is 2.09 bits per heavy atom. The van der Waals surface area contributed by atoms with Crippen LogP contribution in [0.25, 0.3) is 0 Å². The van der Waals surface area contributed by atoms with Crippen molar-refractivity contribution in [2.45, 2.75) is 4.90 Å². The van der Waals surface area contributed by atoms with Gasteiger partial charge in [0.25, 0.3) is 15.7 Å². The predicted octanol–water partition coefficient (Wildman–Crippen LogP) is 4.36. The van der Waals surface area contributed by atoms with Crippen molar-refractivity contribution in [3.05, 3.63) is 61.6 Å². The molecule has 0 saturated carbocycles. The van der Waals surface area contributed by atoms with E-state index in [0.29, 0.717) is 0 Å². The highest BCUT2D eigenvalue weighted by molar-refractivity contribution is 7.92. The number of hydrogen-bond acceptors (Lipinski definition) is 4. The first-order chi connectivity index (χ1) is 10.2. The molecule has 22 heavy (non-hydrogen) atoms. The number of benzene rings is 2. The summed E-state index contributed by atoms with van der Waals surface area (Å²) in [5.41, 5.74) is -0.685. The second-order valence-corrected chi connectivity index (χ2v) is 7.12. The number of hydrogen-bond donors (Lipinski definition) is 1. The largest absolute Gasteiger partial charge is 0.293 e. The average molecular weight is 382 g/mol. The van der Waals surface area contributed by atoms with Crippen molar-refractivity contribution in [2.75, 3.05) is 4.72 Å². The molecule has 10 heteroatoms. The van der Waals surface area contributed by atoms with Gasteiger partial charge < -0.3 is 0 Å². The maximum Gasteiger partial charge on any atom is 0.293 e. The summed E-state index contributed by atoms with van der Waals surface area (Å²) in [5.74, 6) is 0. The molecule has 0 aliphatic carbocycles. The number of nitro groups is 1. The molecule has 0 amide bonds. The average Bonchev–Trinajstić information content (AvgIpc) is 2.36. The van der Waals surface area contributed by atoms with E-state index < -0.39 is 20.6 Å². The quantitative estimate of drug-likeness (QED) is 0.629. The molecule has 0 atom stereocenters. The van der Waals surface area contributed by atoms with Gasteiger partial charge in [-0.05, 0) is 30.3 Å². The van der Waals surface area contributed by atoms with Crippen LogP contribution in [-0.2, 0) is 10.0 Å². The molecule has 116 valence electrons. The minimum absolute atomic E-state index is 0.119. The van der Waals surface area contributed by atoms with Gasteiger partial charge in [0.1, 0.15) is 5.69 Å². The fourth-order valence-corrected chi connectivity index (χ4v) is 3.60. The molecule has 0 bridgehead atoms. The van der Waals surface area contributed by atoms with Crippen LogP contribution in [0.4, 0.5) is 11.4 Å². The summed E-state index contributed by atoms with van der Waals surface area (Å²) < 4.78 is 26.7. The summed E-state index contributed by atoms with van der Waals surface area (Å²) >= 11 is 17.3. The van der Waals surface area contributed by atoms with Crippen molar-refractivity contribution >= 4 is 56.2 Å². The van der Waals surface area contributed by atoms with E-state index in [2.05, 4.69) is 4.72 Å². The molecule has 0 aliphatic heterocycles. The monoisotopic (exact) mass is 380 g/mol. The van der Waals surface area contributed by atoms with Crippen LogP contribution in [0.3, 0.4) is 0 Å². The Labute approximate surface area is 140 Å². The van der Waals surface area contributed by atoms with Crippen LogP contribution in [0.5, 0.6) is 0 Å². The van der Waals surface area contributed by atoms with Crippen molar-refractivity contribution in [3.8, 4) is 0 Å². The number of anilines is 1. The Balaban J connectivity index is 2.49. The van der Waals surface area contributed by atoms with Crippen molar-refractivity contribution in [2.24, 2.45) is 0 Å². The van der Waals surface area contributed by atoms with Crippen molar-refractivity contribution in [3.63, 3.8) is 0 Å². The molecule has 2 aromatic rings. The Kier molecular flexibility index (Phi) is 4.81. The normalized spacial score (nSPS) is 11.2. The van der Waals surface area contributed by atoms with Crippen LogP contribution >= 0.6 is 34.8 Å². The zero-order valence-electron chi connectivity index (χ0n) is 10.6. The number of nitrogens with one attached hydrogen (secondary N) is 1. The van der Waals surface area contributed by atoms with E-state index in [-0.39, 0.29) is 25.7 Å². The van der Waals surface area contributed by atoms with Gasteiger partial charge in [-0.1, -0.05) is 34.8 Å². The predicted molar refractivity (Wildman–Crippen MR) is 85.4 cm³/mol. The lowest BCUT2D eigenvalue weighted by atomic mass is 10.3. The molecule has 0 aromatic heterocycles. The molecule has 2 rings (SSSR count). The van der Waals surface area contributed by atoms with Gasteiger partial charge >= 0.3 is 0 Å². The maximum atomic E-state index is 12.3. The van der Waals surface area contributed by atoms with Crippen LogP contribution in [0.15, 0.2) is 41.3 Å². The lowest BCUT2D eigenvalue weighted by Gasteiger charge is -2.09. The molecular weight excluding hydrogens is 375 g/mol. The van der Waals surface area contributed by atoms with E-state index in [9.17, 15) is 18.5 Å². The van der Waals surface area contributed by atoms with Gasteiger partial charge in [-0.15, -0.1) is 0 Å². The summed E-state index contributed by atoms with van der Waals surface area (Å²) in [6, 6.07) is 7.24. The van der Waals surface area contributed by atoms with E-state index in [1.165, 1.54) is 24.3 Å². The molecule has 6 nitrogen and oxygen atoms in total. The fourth-order valence-electron chi connectivity index (χ4n) is 1.64. The molecule has 0 aliphatic rings. The first kappa shape index (κ1) is 16.8. The molecule has 2 aromatic carbocycles. The smallest absolute Gasteiger partial charge is 0.273 e. The first-order valence-corrected chi connectivity index (χ1v) is 8.23. The zero-order valence-corrected chi connectivity index (χ0v) is 13.7. The third-order valence-electron chi connectivity index (χ3n) is 2.55. The summed E-state index contributed by atoms with van der Waals surface area (Å²) in [5, 5.41) is 11.3. The van der Waals surface area contributed by atoms with Crippen molar-refractivity contribution in [1.82, 2.24) is 0 Å².